The number of halogens is 3. The molecule has 0 radical (unpaired) electrons. The fourth-order valence-electron chi connectivity index (χ4n) is 2.79. The summed E-state index contributed by atoms with van der Waals surface area (Å²) >= 11 is 0. The zero-order valence-corrected chi connectivity index (χ0v) is 12.8. The molecule has 1 N–H and O–H groups in total. The molecule has 5 heteroatoms. The van der Waals surface area contributed by atoms with E-state index in [1.54, 1.807) is 12.1 Å². The average Bonchev–Trinajstić information content (AvgIpc) is 2.61. The Morgan fingerprint density at radius 1 is 1.33 bits per heavy atom. The van der Waals surface area contributed by atoms with Crippen molar-refractivity contribution in [1.29, 1.82) is 0 Å². The molecule has 1 fully saturated rings. The maximum atomic E-state index is 13.1. The van der Waals surface area contributed by atoms with Crippen molar-refractivity contribution < 1.29 is 13.2 Å². The lowest BCUT2D eigenvalue weighted by atomic mass is 9.98. The topological polar surface area (TPSA) is 15.3 Å². The number of benzene rings is 1. The summed E-state index contributed by atoms with van der Waals surface area (Å²) in [6.45, 7) is 8.15. The quantitative estimate of drug-likeness (QED) is 0.888. The average molecular weight is 300 g/mol. The minimum Gasteiger partial charge on any atom is -0.370 e. The summed E-state index contributed by atoms with van der Waals surface area (Å²) in [7, 11) is 0. The second-order valence-electron chi connectivity index (χ2n) is 6.11. The molecule has 1 aromatic carbocycles. The third-order valence-electron chi connectivity index (χ3n) is 4.37. The van der Waals surface area contributed by atoms with Crippen molar-refractivity contribution in [3.05, 3.63) is 29.3 Å². The van der Waals surface area contributed by atoms with Crippen LogP contribution < -0.4 is 10.2 Å². The van der Waals surface area contributed by atoms with Crippen LogP contribution in [0.3, 0.4) is 0 Å². The highest BCUT2D eigenvalue weighted by Crippen LogP contribution is 2.35. The van der Waals surface area contributed by atoms with Gasteiger partial charge in [0.15, 0.2) is 0 Å². The first-order valence-electron chi connectivity index (χ1n) is 7.43. The monoisotopic (exact) mass is 300 g/mol. The molecular formula is C16H23F3N2. The molecule has 1 aromatic rings. The first-order chi connectivity index (χ1) is 9.75. The number of anilines is 1. The maximum Gasteiger partial charge on any atom is 0.416 e. The molecule has 21 heavy (non-hydrogen) atoms. The van der Waals surface area contributed by atoms with Crippen LogP contribution in [-0.4, -0.2) is 25.2 Å². The Balaban J connectivity index is 2.32. The molecule has 0 aliphatic carbocycles. The van der Waals surface area contributed by atoms with Crippen LogP contribution in [0.1, 0.15) is 37.8 Å². The van der Waals surface area contributed by atoms with E-state index < -0.39 is 11.7 Å². The molecule has 0 amide bonds. The Kier molecular flexibility index (Phi) is 4.51. The van der Waals surface area contributed by atoms with E-state index in [4.69, 9.17) is 0 Å². The van der Waals surface area contributed by atoms with Crippen molar-refractivity contribution in [2.75, 3.05) is 24.5 Å². The first-order valence-corrected chi connectivity index (χ1v) is 7.43. The van der Waals surface area contributed by atoms with Gasteiger partial charge in [-0.25, -0.2) is 0 Å². The van der Waals surface area contributed by atoms with E-state index in [0.29, 0.717) is 5.69 Å². The molecule has 0 saturated carbocycles. The third kappa shape index (κ3) is 3.70. The van der Waals surface area contributed by atoms with Gasteiger partial charge in [-0.1, -0.05) is 13.0 Å². The fraction of sp³-hybridized carbons (Fsp3) is 0.625. The van der Waals surface area contributed by atoms with Gasteiger partial charge in [0.1, 0.15) is 0 Å². The summed E-state index contributed by atoms with van der Waals surface area (Å²) in [6, 6.07) is 4.66. The molecule has 0 bridgehead atoms. The first kappa shape index (κ1) is 16.1. The highest BCUT2D eigenvalue weighted by atomic mass is 19.4. The Bertz CT molecular complexity index is 499. The molecule has 0 spiro atoms. The van der Waals surface area contributed by atoms with Crippen molar-refractivity contribution in [3.63, 3.8) is 0 Å². The number of aryl methyl sites for hydroxylation is 1. The van der Waals surface area contributed by atoms with E-state index in [0.717, 1.165) is 32.5 Å². The predicted octanol–water partition coefficient (Wildman–Crippen LogP) is 3.98. The van der Waals surface area contributed by atoms with Crippen LogP contribution in [0.15, 0.2) is 18.2 Å². The fourth-order valence-corrected chi connectivity index (χ4v) is 2.79. The van der Waals surface area contributed by atoms with E-state index in [2.05, 4.69) is 24.1 Å². The normalized spacial score (nSPS) is 24.0. The van der Waals surface area contributed by atoms with Crippen LogP contribution in [-0.2, 0) is 6.18 Å². The molecule has 2 rings (SSSR count). The summed E-state index contributed by atoms with van der Waals surface area (Å²) in [5.74, 6) is 0. The van der Waals surface area contributed by atoms with E-state index in [-0.39, 0.29) is 11.1 Å². The molecule has 1 aliphatic heterocycles. The minimum atomic E-state index is -4.29. The van der Waals surface area contributed by atoms with Gasteiger partial charge in [0.05, 0.1) is 5.56 Å². The van der Waals surface area contributed by atoms with E-state index in [1.165, 1.54) is 13.0 Å². The number of hydrogen-bond acceptors (Lipinski definition) is 2. The smallest absolute Gasteiger partial charge is 0.370 e. The van der Waals surface area contributed by atoms with Crippen LogP contribution in [0.4, 0.5) is 18.9 Å². The molecule has 1 saturated heterocycles. The van der Waals surface area contributed by atoms with Crippen LogP contribution in [0, 0.1) is 6.92 Å². The SMILES string of the molecule is CCC1(C)CN(c2ccc(C)c(C(F)(F)F)c2)CCCN1. The van der Waals surface area contributed by atoms with Gasteiger partial charge in [-0.3, -0.25) is 0 Å². The van der Waals surface area contributed by atoms with Crippen LogP contribution in [0.25, 0.3) is 0 Å². The molecular weight excluding hydrogens is 277 g/mol. The lowest BCUT2D eigenvalue weighted by molar-refractivity contribution is -0.138. The maximum absolute atomic E-state index is 13.1. The van der Waals surface area contributed by atoms with E-state index >= 15 is 0 Å². The number of nitrogens with zero attached hydrogens (tertiary/aromatic N) is 1. The summed E-state index contributed by atoms with van der Waals surface area (Å²) in [5, 5.41) is 3.50. The molecule has 1 aliphatic rings. The van der Waals surface area contributed by atoms with Crippen molar-refractivity contribution in [2.45, 2.75) is 45.3 Å². The number of hydrogen-bond donors (Lipinski definition) is 1. The van der Waals surface area contributed by atoms with Crippen LogP contribution in [0.2, 0.25) is 0 Å². The predicted molar refractivity (Wildman–Crippen MR) is 79.7 cm³/mol. The van der Waals surface area contributed by atoms with Crippen molar-refractivity contribution in [3.8, 4) is 0 Å². The Morgan fingerprint density at radius 3 is 2.67 bits per heavy atom. The van der Waals surface area contributed by atoms with Gasteiger partial charge >= 0.3 is 6.18 Å². The third-order valence-corrected chi connectivity index (χ3v) is 4.37. The van der Waals surface area contributed by atoms with Gasteiger partial charge in [-0.15, -0.1) is 0 Å². The van der Waals surface area contributed by atoms with Gasteiger partial charge in [0.2, 0.25) is 0 Å². The number of alkyl halides is 3. The summed E-state index contributed by atoms with van der Waals surface area (Å²) < 4.78 is 39.2. The van der Waals surface area contributed by atoms with Gasteiger partial charge in [0.25, 0.3) is 0 Å². The lowest BCUT2D eigenvalue weighted by Gasteiger charge is -2.34. The van der Waals surface area contributed by atoms with Crippen molar-refractivity contribution >= 4 is 5.69 Å². The van der Waals surface area contributed by atoms with Gasteiger partial charge in [-0.05, 0) is 50.9 Å². The highest BCUT2D eigenvalue weighted by molar-refractivity contribution is 5.52. The Hall–Kier alpha value is -1.23. The molecule has 0 aromatic heterocycles. The van der Waals surface area contributed by atoms with Crippen molar-refractivity contribution in [1.82, 2.24) is 5.32 Å². The largest absolute Gasteiger partial charge is 0.416 e. The zero-order valence-electron chi connectivity index (χ0n) is 12.8. The van der Waals surface area contributed by atoms with E-state index in [1.807, 2.05) is 0 Å². The molecule has 1 atom stereocenters. The number of rotatable bonds is 2. The highest BCUT2D eigenvalue weighted by Gasteiger charge is 2.34. The van der Waals surface area contributed by atoms with Crippen LogP contribution in [0.5, 0.6) is 0 Å². The lowest BCUT2D eigenvalue weighted by Crippen LogP contribution is -2.48. The second kappa shape index (κ2) is 5.87. The van der Waals surface area contributed by atoms with Crippen molar-refractivity contribution in [2.24, 2.45) is 0 Å². The Morgan fingerprint density at radius 2 is 2.05 bits per heavy atom. The summed E-state index contributed by atoms with van der Waals surface area (Å²) in [5.41, 5.74) is 0.351. The summed E-state index contributed by atoms with van der Waals surface area (Å²) in [6.07, 6.45) is -2.41. The van der Waals surface area contributed by atoms with Gasteiger partial charge < -0.3 is 10.2 Å². The zero-order chi connectivity index (χ0) is 15.7. The van der Waals surface area contributed by atoms with E-state index in [9.17, 15) is 13.2 Å². The summed E-state index contributed by atoms with van der Waals surface area (Å²) in [4.78, 5) is 2.07. The molecule has 2 nitrogen and oxygen atoms in total. The van der Waals surface area contributed by atoms with Gasteiger partial charge in [-0.2, -0.15) is 13.2 Å². The molecule has 1 heterocycles. The minimum absolute atomic E-state index is 0.0558. The second-order valence-corrected chi connectivity index (χ2v) is 6.11. The van der Waals surface area contributed by atoms with Gasteiger partial charge in [0, 0.05) is 24.3 Å². The van der Waals surface area contributed by atoms with Crippen LogP contribution >= 0.6 is 0 Å². The molecule has 1 unspecified atom stereocenters. The molecule has 118 valence electrons. The number of nitrogens with one attached hydrogen (secondary N) is 1. The standard InChI is InChI=1S/C16H23F3N2/c1-4-15(3)11-21(9-5-8-20-15)13-7-6-12(2)14(10-13)16(17,18)19/h6-7,10,20H,4-5,8-9,11H2,1-3H3. The Labute approximate surface area is 124 Å².